The lowest BCUT2D eigenvalue weighted by molar-refractivity contribution is 0.0687. The highest BCUT2D eigenvalue weighted by Gasteiger charge is 2.22. The number of benzene rings is 1. The van der Waals surface area contributed by atoms with Gasteiger partial charge in [-0.1, -0.05) is 28.1 Å². The molecule has 1 unspecified atom stereocenters. The lowest BCUT2D eigenvalue weighted by Gasteiger charge is -2.27. The van der Waals surface area contributed by atoms with Crippen molar-refractivity contribution in [1.29, 1.82) is 0 Å². The minimum atomic E-state index is -0.193. The topological polar surface area (TPSA) is 38.8 Å². The summed E-state index contributed by atoms with van der Waals surface area (Å²) in [6.07, 6.45) is 0. The molecule has 5 heteroatoms. The fourth-order valence-corrected chi connectivity index (χ4v) is 2.20. The number of rotatable bonds is 9. The van der Waals surface area contributed by atoms with Crippen molar-refractivity contribution in [3.8, 4) is 0 Å². The molecule has 0 heterocycles. The minimum absolute atomic E-state index is 0.115. The van der Waals surface area contributed by atoms with Crippen molar-refractivity contribution in [2.75, 3.05) is 40.5 Å². The van der Waals surface area contributed by atoms with E-state index in [2.05, 4.69) is 20.8 Å². The Balaban J connectivity index is 2.73. The van der Waals surface area contributed by atoms with Crippen LogP contribution < -0.4 is 0 Å². The summed E-state index contributed by atoms with van der Waals surface area (Å²) in [5, 5.41) is 0. The van der Waals surface area contributed by atoms with E-state index in [1.54, 1.807) is 14.2 Å². The number of hydrogen-bond acceptors (Lipinski definition) is 4. The quantitative estimate of drug-likeness (QED) is 0.646. The number of ketones is 1. The van der Waals surface area contributed by atoms with Crippen LogP contribution in [0.5, 0.6) is 0 Å². The number of nitrogens with zero attached hydrogens (tertiary/aromatic N) is 1. The standard InChI is InChI=1S/C15H22BrNO3/c1-12(17(8-10-19-2)9-11-20-3)15(18)13-4-6-14(16)7-5-13/h4-7,12H,8-11H2,1-3H3. The predicted molar refractivity (Wildman–Crippen MR) is 83.3 cm³/mol. The van der Waals surface area contributed by atoms with E-state index in [4.69, 9.17) is 9.47 Å². The van der Waals surface area contributed by atoms with Gasteiger partial charge in [0, 0.05) is 37.3 Å². The predicted octanol–water partition coefficient (Wildman–Crippen LogP) is 2.62. The fourth-order valence-electron chi connectivity index (χ4n) is 1.94. The third-order valence-corrected chi connectivity index (χ3v) is 3.75. The molecule has 0 saturated carbocycles. The maximum absolute atomic E-state index is 12.5. The Morgan fingerprint density at radius 2 is 1.65 bits per heavy atom. The second-order valence-electron chi connectivity index (χ2n) is 4.57. The van der Waals surface area contributed by atoms with E-state index < -0.39 is 0 Å². The monoisotopic (exact) mass is 343 g/mol. The number of halogens is 1. The van der Waals surface area contributed by atoms with Crippen LogP contribution in [0.1, 0.15) is 17.3 Å². The van der Waals surface area contributed by atoms with Crippen molar-refractivity contribution in [3.63, 3.8) is 0 Å². The molecule has 0 N–H and O–H groups in total. The molecule has 0 fully saturated rings. The molecular formula is C15H22BrNO3. The smallest absolute Gasteiger partial charge is 0.179 e. The molecule has 0 spiro atoms. The number of Topliss-reactive ketones (excluding diaryl/α,β-unsaturated/α-hetero) is 1. The zero-order valence-corrected chi connectivity index (χ0v) is 13.9. The van der Waals surface area contributed by atoms with Gasteiger partial charge in [-0.2, -0.15) is 0 Å². The highest BCUT2D eigenvalue weighted by Crippen LogP contribution is 2.14. The molecule has 0 saturated heterocycles. The molecular weight excluding hydrogens is 322 g/mol. The van der Waals surface area contributed by atoms with Gasteiger partial charge in [-0.15, -0.1) is 0 Å². The van der Waals surface area contributed by atoms with Crippen molar-refractivity contribution >= 4 is 21.7 Å². The molecule has 0 aliphatic carbocycles. The van der Waals surface area contributed by atoms with Gasteiger partial charge in [-0.25, -0.2) is 0 Å². The largest absolute Gasteiger partial charge is 0.383 e. The van der Waals surface area contributed by atoms with Crippen LogP contribution in [0.25, 0.3) is 0 Å². The van der Waals surface area contributed by atoms with Crippen molar-refractivity contribution < 1.29 is 14.3 Å². The lowest BCUT2D eigenvalue weighted by atomic mass is 10.0. The van der Waals surface area contributed by atoms with E-state index in [-0.39, 0.29) is 11.8 Å². The summed E-state index contributed by atoms with van der Waals surface area (Å²) in [6.45, 7) is 4.55. The Kier molecular flexibility index (Phi) is 7.99. The van der Waals surface area contributed by atoms with Crippen LogP contribution in [0.4, 0.5) is 0 Å². The number of carbonyl (C=O) groups is 1. The molecule has 1 rings (SSSR count). The van der Waals surface area contributed by atoms with Crippen LogP contribution in [-0.4, -0.2) is 57.2 Å². The normalized spacial score (nSPS) is 12.7. The van der Waals surface area contributed by atoms with Crippen molar-refractivity contribution in [3.05, 3.63) is 34.3 Å². The third-order valence-electron chi connectivity index (χ3n) is 3.22. The van der Waals surface area contributed by atoms with E-state index in [1.165, 1.54) is 0 Å². The third kappa shape index (κ3) is 5.32. The molecule has 0 aliphatic rings. The van der Waals surface area contributed by atoms with Crippen LogP contribution >= 0.6 is 15.9 Å². The van der Waals surface area contributed by atoms with Gasteiger partial charge in [0.05, 0.1) is 19.3 Å². The molecule has 4 nitrogen and oxygen atoms in total. The van der Waals surface area contributed by atoms with Gasteiger partial charge >= 0.3 is 0 Å². The Morgan fingerprint density at radius 3 is 2.10 bits per heavy atom. The zero-order chi connectivity index (χ0) is 15.0. The SMILES string of the molecule is COCCN(CCOC)C(C)C(=O)c1ccc(Br)cc1. The molecule has 112 valence electrons. The number of hydrogen-bond donors (Lipinski definition) is 0. The summed E-state index contributed by atoms with van der Waals surface area (Å²) >= 11 is 3.37. The van der Waals surface area contributed by atoms with E-state index in [9.17, 15) is 4.79 Å². The number of ether oxygens (including phenoxy) is 2. The lowest BCUT2D eigenvalue weighted by Crippen LogP contribution is -2.42. The molecule has 0 bridgehead atoms. The summed E-state index contributed by atoms with van der Waals surface area (Å²) in [4.78, 5) is 14.6. The number of carbonyl (C=O) groups excluding carboxylic acids is 1. The maximum atomic E-state index is 12.5. The second-order valence-corrected chi connectivity index (χ2v) is 5.48. The molecule has 0 radical (unpaired) electrons. The molecule has 1 aromatic rings. The first-order chi connectivity index (χ1) is 9.60. The molecule has 0 aliphatic heterocycles. The second kappa shape index (κ2) is 9.23. The zero-order valence-electron chi connectivity index (χ0n) is 12.3. The van der Waals surface area contributed by atoms with Gasteiger partial charge in [0.25, 0.3) is 0 Å². The summed E-state index contributed by atoms with van der Waals surface area (Å²) in [6, 6.07) is 7.26. The average Bonchev–Trinajstić information content (AvgIpc) is 2.47. The molecule has 20 heavy (non-hydrogen) atoms. The summed E-state index contributed by atoms with van der Waals surface area (Å²) in [5.41, 5.74) is 0.723. The first-order valence-corrected chi connectivity index (χ1v) is 7.41. The summed E-state index contributed by atoms with van der Waals surface area (Å²) in [5.74, 6) is 0.115. The van der Waals surface area contributed by atoms with Crippen molar-refractivity contribution in [1.82, 2.24) is 4.90 Å². The first-order valence-electron chi connectivity index (χ1n) is 6.62. The van der Waals surface area contributed by atoms with E-state index in [0.29, 0.717) is 26.3 Å². The fraction of sp³-hybridized carbons (Fsp3) is 0.533. The van der Waals surface area contributed by atoms with Crippen LogP contribution in [0.3, 0.4) is 0 Å². The average molecular weight is 344 g/mol. The van der Waals surface area contributed by atoms with E-state index in [1.807, 2.05) is 31.2 Å². The molecule has 1 aromatic carbocycles. The van der Waals surface area contributed by atoms with Gasteiger partial charge in [0.15, 0.2) is 5.78 Å². The molecule has 0 aromatic heterocycles. The molecule has 1 atom stereocenters. The van der Waals surface area contributed by atoms with Gasteiger partial charge < -0.3 is 9.47 Å². The Labute approximate surface area is 129 Å². The van der Waals surface area contributed by atoms with Crippen LogP contribution in [-0.2, 0) is 9.47 Å². The van der Waals surface area contributed by atoms with Crippen LogP contribution in [0.2, 0.25) is 0 Å². The van der Waals surface area contributed by atoms with Gasteiger partial charge in [-0.3, -0.25) is 9.69 Å². The highest BCUT2D eigenvalue weighted by atomic mass is 79.9. The van der Waals surface area contributed by atoms with Crippen molar-refractivity contribution in [2.24, 2.45) is 0 Å². The minimum Gasteiger partial charge on any atom is -0.383 e. The van der Waals surface area contributed by atoms with Crippen molar-refractivity contribution in [2.45, 2.75) is 13.0 Å². The van der Waals surface area contributed by atoms with Gasteiger partial charge in [0.2, 0.25) is 0 Å². The van der Waals surface area contributed by atoms with E-state index >= 15 is 0 Å². The Bertz CT molecular complexity index is 400. The summed E-state index contributed by atoms with van der Waals surface area (Å²) in [7, 11) is 3.32. The Hall–Kier alpha value is -0.750. The van der Waals surface area contributed by atoms with Gasteiger partial charge in [0.1, 0.15) is 0 Å². The van der Waals surface area contributed by atoms with Gasteiger partial charge in [-0.05, 0) is 19.1 Å². The maximum Gasteiger partial charge on any atom is 0.179 e. The molecule has 0 amide bonds. The first kappa shape index (κ1) is 17.3. The summed E-state index contributed by atoms with van der Waals surface area (Å²) < 4.78 is 11.2. The van der Waals surface area contributed by atoms with Crippen LogP contribution in [0, 0.1) is 0 Å². The number of methoxy groups -OCH3 is 2. The van der Waals surface area contributed by atoms with Crippen LogP contribution in [0.15, 0.2) is 28.7 Å². The highest BCUT2D eigenvalue weighted by molar-refractivity contribution is 9.10. The van der Waals surface area contributed by atoms with E-state index in [0.717, 1.165) is 10.0 Å². The Morgan fingerprint density at radius 1 is 1.15 bits per heavy atom.